The van der Waals surface area contributed by atoms with Crippen LogP contribution in [-0.4, -0.2) is 52.4 Å². The summed E-state index contributed by atoms with van der Waals surface area (Å²) in [6, 6.07) is 16.9. The summed E-state index contributed by atoms with van der Waals surface area (Å²) in [6.45, 7) is 7.41. The van der Waals surface area contributed by atoms with Crippen molar-refractivity contribution in [2.75, 3.05) is 30.8 Å². The minimum Gasteiger partial charge on any atom is -0.442 e. The highest BCUT2D eigenvalue weighted by Gasteiger charge is 2.24. The van der Waals surface area contributed by atoms with Gasteiger partial charge in [0.25, 0.3) is 5.91 Å². The molecule has 1 saturated heterocycles. The maximum Gasteiger partial charge on any atom is 0.435 e. The lowest BCUT2D eigenvalue weighted by Crippen LogP contribution is -2.29. The van der Waals surface area contributed by atoms with Crippen LogP contribution in [0.25, 0.3) is 10.9 Å². The van der Waals surface area contributed by atoms with E-state index in [0.29, 0.717) is 33.8 Å². The van der Waals surface area contributed by atoms with Gasteiger partial charge in [0.2, 0.25) is 0 Å². The normalized spacial score (nSPS) is 14.7. The van der Waals surface area contributed by atoms with Crippen LogP contribution in [0.15, 0.2) is 60.7 Å². The minimum absolute atomic E-state index is 0.209. The van der Waals surface area contributed by atoms with Gasteiger partial charge in [-0.3, -0.25) is 4.79 Å². The molecule has 1 amide bonds. The average Bonchev–Trinajstić information content (AvgIpc) is 3.27. The van der Waals surface area contributed by atoms with Crippen LogP contribution in [0, 0.1) is 5.82 Å². The van der Waals surface area contributed by atoms with Crippen molar-refractivity contribution >= 4 is 51.7 Å². The number of rotatable bonds is 5. The molecule has 0 unspecified atom stereocenters. The number of fused-ring (bicyclic) bond motifs is 1. The predicted octanol–water partition coefficient (Wildman–Crippen LogP) is 7.42. The number of anilines is 3. The van der Waals surface area contributed by atoms with Crippen LogP contribution in [-0.2, 0) is 4.74 Å². The molecule has 0 radical (unpaired) electrons. The van der Waals surface area contributed by atoms with E-state index < -0.39 is 17.5 Å². The standard InChI is InChI=1S/C31H33ClFN5O3/c1-31(2,3)41-30(40)38-27-18-23(34-26-12-9-22(33)17-25(26)32)10-11-24(27)28(36-38)35-29(39)21-7-5-19(6-8-21)20-13-15-37(4)16-14-20/h5-12,17-18,20,34H,13-16H2,1-4H3,(H,35,36,39). The summed E-state index contributed by atoms with van der Waals surface area (Å²) in [7, 11) is 2.13. The quantitative estimate of drug-likeness (QED) is 0.257. The number of nitrogens with one attached hydrogen (secondary N) is 2. The van der Waals surface area contributed by atoms with Crippen LogP contribution in [0.2, 0.25) is 5.02 Å². The zero-order chi connectivity index (χ0) is 29.3. The second kappa shape index (κ2) is 11.5. The fourth-order valence-electron chi connectivity index (χ4n) is 4.90. The van der Waals surface area contributed by atoms with Crippen molar-refractivity contribution in [1.82, 2.24) is 14.7 Å². The first-order valence-corrected chi connectivity index (χ1v) is 13.9. The molecule has 0 aliphatic carbocycles. The van der Waals surface area contributed by atoms with E-state index in [1.807, 2.05) is 24.3 Å². The Morgan fingerprint density at radius 1 is 1.02 bits per heavy atom. The third-order valence-electron chi connectivity index (χ3n) is 7.05. The number of ether oxygens (including phenoxy) is 1. The monoisotopic (exact) mass is 577 g/mol. The number of piperidine rings is 1. The van der Waals surface area contributed by atoms with Gasteiger partial charge in [0, 0.05) is 16.6 Å². The van der Waals surface area contributed by atoms with E-state index in [9.17, 15) is 14.0 Å². The fourth-order valence-corrected chi connectivity index (χ4v) is 5.12. The van der Waals surface area contributed by atoms with E-state index in [1.165, 1.54) is 23.8 Å². The van der Waals surface area contributed by atoms with Crippen molar-refractivity contribution in [2.24, 2.45) is 0 Å². The SMILES string of the molecule is CN1CCC(c2ccc(C(=O)Nc3nn(C(=O)OC(C)(C)C)c4cc(Nc5ccc(F)cc5Cl)ccc34)cc2)CC1. The van der Waals surface area contributed by atoms with E-state index >= 15 is 0 Å². The predicted molar refractivity (Wildman–Crippen MR) is 160 cm³/mol. The Morgan fingerprint density at radius 3 is 2.39 bits per heavy atom. The number of aromatic nitrogens is 2. The molecule has 0 spiro atoms. The summed E-state index contributed by atoms with van der Waals surface area (Å²) in [5, 5.41) is 11.2. The lowest BCUT2D eigenvalue weighted by atomic mass is 9.89. The third-order valence-corrected chi connectivity index (χ3v) is 7.37. The number of carbonyl (C=O) groups excluding carboxylic acids is 2. The highest BCUT2D eigenvalue weighted by molar-refractivity contribution is 6.33. The number of halogens is 2. The molecule has 4 aromatic rings. The summed E-state index contributed by atoms with van der Waals surface area (Å²) in [4.78, 5) is 28.6. The zero-order valence-electron chi connectivity index (χ0n) is 23.5. The molecule has 10 heteroatoms. The lowest BCUT2D eigenvalue weighted by molar-refractivity contribution is 0.0522. The molecular weight excluding hydrogens is 545 g/mol. The van der Waals surface area contributed by atoms with Gasteiger partial charge < -0.3 is 20.3 Å². The van der Waals surface area contributed by atoms with Crippen LogP contribution < -0.4 is 10.6 Å². The molecule has 0 atom stereocenters. The van der Waals surface area contributed by atoms with Crippen LogP contribution in [0.5, 0.6) is 0 Å². The summed E-state index contributed by atoms with van der Waals surface area (Å²) in [5.41, 5.74) is 2.45. The molecule has 3 aromatic carbocycles. The number of amides is 1. The minimum atomic E-state index is -0.758. The first-order chi connectivity index (χ1) is 19.5. The molecule has 0 bridgehead atoms. The van der Waals surface area contributed by atoms with Crippen LogP contribution in [0.3, 0.4) is 0 Å². The van der Waals surface area contributed by atoms with Crippen molar-refractivity contribution in [2.45, 2.75) is 45.1 Å². The molecule has 0 saturated carbocycles. The Labute approximate surface area is 243 Å². The maximum atomic E-state index is 13.5. The summed E-state index contributed by atoms with van der Waals surface area (Å²) < 4.78 is 20.2. The Hall–Kier alpha value is -3.95. The number of hydrogen-bond acceptors (Lipinski definition) is 6. The first-order valence-electron chi connectivity index (χ1n) is 13.5. The molecule has 1 aliphatic rings. The van der Waals surface area contributed by atoms with Crippen molar-refractivity contribution in [1.29, 1.82) is 0 Å². The molecule has 5 rings (SSSR count). The third kappa shape index (κ3) is 6.69. The van der Waals surface area contributed by atoms with E-state index in [1.54, 1.807) is 39.0 Å². The molecule has 1 aromatic heterocycles. The van der Waals surface area contributed by atoms with Crippen LogP contribution >= 0.6 is 11.6 Å². The van der Waals surface area contributed by atoms with Gasteiger partial charge in [-0.05, 0) is 114 Å². The topological polar surface area (TPSA) is 88.5 Å². The van der Waals surface area contributed by atoms with Gasteiger partial charge in [0.15, 0.2) is 5.82 Å². The second-order valence-electron chi connectivity index (χ2n) is 11.4. The van der Waals surface area contributed by atoms with E-state index in [4.69, 9.17) is 16.3 Å². The van der Waals surface area contributed by atoms with Gasteiger partial charge in [0.05, 0.1) is 16.2 Å². The number of carbonyl (C=O) groups is 2. The molecule has 1 aliphatic heterocycles. The van der Waals surface area contributed by atoms with Crippen molar-refractivity contribution in [3.05, 3.63) is 82.6 Å². The van der Waals surface area contributed by atoms with Crippen molar-refractivity contribution in [3.63, 3.8) is 0 Å². The summed E-state index contributed by atoms with van der Waals surface area (Å²) in [6.07, 6.45) is 1.50. The number of likely N-dealkylation sites (tertiary alicyclic amines) is 1. The van der Waals surface area contributed by atoms with Gasteiger partial charge in [0.1, 0.15) is 11.4 Å². The Morgan fingerprint density at radius 2 is 1.73 bits per heavy atom. The molecule has 41 heavy (non-hydrogen) atoms. The maximum absolute atomic E-state index is 13.5. The highest BCUT2D eigenvalue weighted by Crippen LogP contribution is 2.32. The van der Waals surface area contributed by atoms with Gasteiger partial charge >= 0.3 is 6.09 Å². The average molecular weight is 578 g/mol. The van der Waals surface area contributed by atoms with Crippen LogP contribution in [0.4, 0.5) is 26.4 Å². The number of hydrogen-bond donors (Lipinski definition) is 2. The molecule has 8 nitrogen and oxygen atoms in total. The molecule has 2 heterocycles. The second-order valence-corrected chi connectivity index (χ2v) is 11.8. The Kier molecular flexibility index (Phi) is 8.02. The number of benzene rings is 3. The molecular formula is C31H33ClFN5O3. The Bertz CT molecular complexity index is 1590. The number of nitrogens with zero attached hydrogens (tertiary/aromatic N) is 3. The van der Waals surface area contributed by atoms with Gasteiger partial charge in [-0.25, -0.2) is 9.18 Å². The smallest absolute Gasteiger partial charge is 0.435 e. The highest BCUT2D eigenvalue weighted by atomic mass is 35.5. The molecule has 214 valence electrons. The largest absolute Gasteiger partial charge is 0.442 e. The first kappa shape index (κ1) is 28.6. The van der Waals surface area contributed by atoms with Gasteiger partial charge in [-0.1, -0.05) is 23.7 Å². The van der Waals surface area contributed by atoms with E-state index in [-0.39, 0.29) is 16.7 Å². The molecule has 2 N–H and O–H groups in total. The van der Waals surface area contributed by atoms with Crippen molar-refractivity contribution < 1.29 is 18.7 Å². The zero-order valence-corrected chi connectivity index (χ0v) is 24.3. The fraction of sp³-hybridized carbons (Fsp3) is 0.323. The van der Waals surface area contributed by atoms with E-state index in [2.05, 4.69) is 27.7 Å². The van der Waals surface area contributed by atoms with Gasteiger partial charge in [-0.15, -0.1) is 5.10 Å². The lowest BCUT2D eigenvalue weighted by Gasteiger charge is -2.29. The summed E-state index contributed by atoms with van der Waals surface area (Å²) in [5.74, 6) is -0.0715. The van der Waals surface area contributed by atoms with E-state index in [0.717, 1.165) is 30.6 Å². The van der Waals surface area contributed by atoms with Crippen molar-refractivity contribution in [3.8, 4) is 0 Å². The van der Waals surface area contributed by atoms with Gasteiger partial charge in [-0.2, -0.15) is 4.68 Å². The molecule has 1 fully saturated rings. The summed E-state index contributed by atoms with van der Waals surface area (Å²) >= 11 is 6.19. The Balaban J connectivity index is 1.42. The van der Waals surface area contributed by atoms with Crippen LogP contribution in [0.1, 0.15) is 55.5 Å².